The van der Waals surface area contributed by atoms with Crippen LogP contribution in [0.25, 0.3) is 0 Å². The topological polar surface area (TPSA) is 103 Å². The lowest BCUT2D eigenvalue weighted by Gasteiger charge is -2.20. The molecular weight excluding hydrogens is 468 g/mol. The number of amides is 2. The van der Waals surface area contributed by atoms with E-state index in [2.05, 4.69) is 15.5 Å². The van der Waals surface area contributed by atoms with Gasteiger partial charge in [0.2, 0.25) is 16.9 Å². The van der Waals surface area contributed by atoms with Crippen LogP contribution in [0, 0.1) is 5.92 Å². The van der Waals surface area contributed by atoms with Crippen molar-refractivity contribution >= 4 is 45.6 Å². The molecule has 3 aromatic rings. The molecule has 11 heteroatoms. The van der Waals surface area contributed by atoms with Crippen molar-refractivity contribution in [3.05, 3.63) is 52.5 Å². The number of hydrogen-bond acceptors (Lipinski definition) is 8. The highest BCUT2D eigenvalue weighted by atomic mass is 35.5. The van der Waals surface area contributed by atoms with Crippen LogP contribution in [0.2, 0.25) is 5.02 Å². The molecule has 2 heterocycles. The van der Waals surface area contributed by atoms with Gasteiger partial charge in [0.05, 0.1) is 25.8 Å². The third-order valence-electron chi connectivity index (χ3n) is 5.05. The van der Waals surface area contributed by atoms with Crippen molar-refractivity contribution in [2.75, 3.05) is 31.0 Å². The van der Waals surface area contributed by atoms with Crippen LogP contribution in [0.4, 0.5) is 10.8 Å². The van der Waals surface area contributed by atoms with Gasteiger partial charge in [-0.25, -0.2) is 0 Å². The second kappa shape index (κ2) is 10.1. The average Bonchev–Trinajstić information content (AvgIpc) is 3.44. The van der Waals surface area contributed by atoms with Crippen LogP contribution >= 0.6 is 22.9 Å². The van der Waals surface area contributed by atoms with Gasteiger partial charge < -0.3 is 24.4 Å². The number of anilines is 2. The minimum atomic E-state index is -0.536. The first-order valence-corrected chi connectivity index (χ1v) is 11.2. The molecule has 1 aliphatic heterocycles. The highest BCUT2D eigenvalue weighted by molar-refractivity contribution is 7.15. The van der Waals surface area contributed by atoms with E-state index in [4.69, 9.17) is 25.8 Å². The molecular formula is C22H21ClN4O5S. The maximum Gasteiger partial charge on any atom is 0.231 e. The van der Waals surface area contributed by atoms with E-state index in [9.17, 15) is 9.59 Å². The number of ether oxygens (including phenoxy) is 3. The summed E-state index contributed by atoms with van der Waals surface area (Å²) in [6.07, 6.45) is 0.0809. The Balaban J connectivity index is 1.37. The maximum atomic E-state index is 12.8. The molecule has 2 aromatic carbocycles. The largest absolute Gasteiger partial charge is 0.497 e. The van der Waals surface area contributed by atoms with Crippen LogP contribution < -0.4 is 24.4 Å². The average molecular weight is 489 g/mol. The molecule has 0 saturated carbocycles. The number of nitrogens with zero attached hydrogens (tertiary/aromatic N) is 3. The predicted octanol–water partition coefficient (Wildman–Crippen LogP) is 3.78. The molecule has 1 atom stereocenters. The predicted molar refractivity (Wildman–Crippen MR) is 124 cm³/mol. The molecule has 0 bridgehead atoms. The van der Waals surface area contributed by atoms with E-state index in [-0.39, 0.29) is 31.4 Å². The minimum absolute atomic E-state index is 0.0809. The summed E-state index contributed by atoms with van der Waals surface area (Å²) < 4.78 is 16.3. The van der Waals surface area contributed by atoms with Crippen molar-refractivity contribution < 1.29 is 23.8 Å². The number of carbonyl (C=O) groups is 2. The first kappa shape index (κ1) is 22.8. The van der Waals surface area contributed by atoms with E-state index < -0.39 is 5.92 Å². The first-order chi connectivity index (χ1) is 16.0. The summed E-state index contributed by atoms with van der Waals surface area (Å²) in [7, 11) is 3.07. The summed E-state index contributed by atoms with van der Waals surface area (Å²) in [5, 5.41) is 12.4. The van der Waals surface area contributed by atoms with E-state index in [1.54, 1.807) is 49.6 Å². The van der Waals surface area contributed by atoms with Gasteiger partial charge in [-0.05, 0) is 36.4 Å². The van der Waals surface area contributed by atoms with Gasteiger partial charge in [-0.15, -0.1) is 10.2 Å². The molecule has 33 heavy (non-hydrogen) atoms. The van der Waals surface area contributed by atoms with Crippen molar-refractivity contribution in [3.63, 3.8) is 0 Å². The van der Waals surface area contributed by atoms with Gasteiger partial charge in [0.15, 0.2) is 5.01 Å². The highest BCUT2D eigenvalue weighted by Gasteiger charge is 2.36. The molecule has 1 N–H and O–H groups in total. The zero-order chi connectivity index (χ0) is 23.4. The zero-order valence-electron chi connectivity index (χ0n) is 17.9. The van der Waals surface area contributed by atoms with Crippen LogP contribution in [-0.4, -0.2) is 42.8 Å². The summed E-state index contributed by atoms with van der Waals surface area (Å²) in [4.78, 5) is 27.0. The molecule has 0 unspecified atom stereocenters. The lowest BCUT2D eigenvalue weighted by molar-refractivity contribution is -0.122. The molecule has 0 aliphatic carbocycles. The fourth-order valence-electron chi connectivity index (χ4n) is 3.37. The summed E-state index contributed by atoms with van der Waals surface area (Å²) in [5.41, 5.74) is 0.565. The minimum Gasteiger partial charge on any atom is -0.497 e. The van der Waals surface area contributed by atoms with Crippen LogP contribution in [0.15, 0.2) is 42.5 Å². The van der Waals surface area contributed by atoms with Gasteiger partial charge in [0.25, 0.3) is 0 Å². The fourth-order valence-corrected chi connectivity index (χ4v) is 4.15. The normalized spacial score (nSPS) is 15.4. The van der Waals surface area contributed by atoms with Crippen molar-refractivity contribution in [3.8, 4) is 17.2 Å². The van der Waals surface area contributed by atoms with Gasteiger partial charge in [0, 0.05) is 24.1 Å². The van der Waals surface area contributed by atoms with Crippen LogP contribution in [0.1, 0.15) is 11.4 Å². The number of benzene rings is 2. The van der Waals surface area contributed by atoms with Gasteiger partial charge in [-0.3, -0.25) is 9.59 Å². The van der Waals surface area contributed by atoms with Crippen molar-refractivity contribution in [2.45, 2.75) is 13.0 Å². The standard InChI is InChI=1S/C22H21ClN4O5S/c1-30-16-7-8-18(31-2)17(10-16)27-11-13(9-20(27)28)21(29)24-22-26-25-19(33-22)12-32-15-5-3-14(23)4-6-15/h3-8,10,13H,9,11-12H2,1-2H3,(H,24,26,29)/t13-/m1/s1. The lowest BCUT2D eigenvalue weighted by Crippen LogP contribution is -2.28. The third-order valence-corrected chi connectivity index (χ3v) is 6.11. The Labute approximate surface area is 199 Å². The van der Waals surface area contributed by atoms with E-state index in [1.807, 2.05) is 0 Å². The molecule has 0 spiro atoms. The summed E-state index contributed by atoms with van der Waals surface area (Å²) in [6, 6.07) is 12.2. The Kier molecular flexibility index (Phi) is 6.95. The van der Waals surface area contributed by atoms with E-state index in [0.717, 1.165) is 0 Å². The number of methoxy groups -OCH3 is 2. The molecule has 1 aromatic heterocycles. The lowest BCUT2D eigenvalue weighted by atomic mass is 10.1. The Morgan fingerprint density at radius 1 is 1.15 bits per heavy atom. The molecule has 0 radical (unpaired) electrons. The molecule has 172 valence electrons. The van der Waals surface area contributed by atoms with Crippen LogP contribution in [0.3, 0.4) is 0 Å². The van der Waals surface area contributed by atoms with E-state index in [1.165, 1.54) is 23.3 Å². The number of hydrogen-bond donors (Lipinski definition) is 1. The Hall–Kier alpha value is -3.37. The van der Waals surface area contributed by atoms with Gasteiger partial charge in [0.1, 0.15) is 23.9 Å². The molecule has 9 nitrogen and oxygen atoms in total. The monoisotopic (exact) mass is 488 g/mol. The molecule has 4 rings (SSSR count). The molecule has 1 saturated heterocycles. The van der Waals surface area contributed by atoms with Crippen LogP contribution in [-0.2, 0) is 16.2 Å². The third kappa shape index (κ3) is 5.35. The van der Waals surface area contributed by atoms with Crippen molar-refractivity contribution in [1.82, 2.24) is 10.2 Å². The van der Waals surface area contributed by atoms with Gasteiger partial charge in [-0.1, -0.05) is 22.9 Å². The highest BCUT2D eigenvalue weighted by Crippen LogP contribution is 2.36. The van der Waals surface area contributed by atoms with Gasteiger partial charge in [-0.2, -0.15) is 0 Å². The second-order valence-electron chi connectivity index (χ2n) is 7.18. The molecule has 1 aliphatic rings. The summed E-state index contributed by atoms with van der Waals surface area (Å²) in [5.74, 6) is 0.766. The molecule has 1 fully saturated rings. The first-order valence-electron chi connectivity index (χ1n) is 10.0. The number of nitrogens with one attached hydrogen (secondary N) is 1. The zero-order valence-corrected chi connectivity index (χ0v) is 19.5. The van der Waals surface area contributed by atoms with Gasteiger partial charge >= 0.3 is 0 Å². The Morgan fingerprint density at radius 2 is 1.91 bits per heavy atom. The quantitative estimate of drug-likeness (QED) is 0.514. The molecule has 2 amide bonds. The number of halogens is 1. The summed E-state index contributed by atoms with van der Waals surface area (Å²) in [6.45, 7) is 0.431. The van der Waals surface area contributed by atoms with Crippen molar-refractivity contribution in [2.24, 2.45) is 5.92 Å². The number of aromatic nitrogens is 2. The Morgan fingerprint density at radius 3 is 2.64 bits per heavy atom. The number of carbonyl (C=O) groups excluding carboxylic acids is 2. The Bertz CT molecular complexity index is 1150. The fraction of sp³-hybridized carbons (Fsp3) is 0.273. The van der Waals surface area contributed by atoms with E-state index >= 15 is 0 Å². The van der Waals surface area contributed by atoms with Crippen LogP contribution in [0.5, 0.6) is 17.2 Å². The maximum absolute atomic E-state index is 12.8. The van der Waals surface area contributed by atoms with Crippen molar-refractivity contribution in [1.29, 1.82) is 0 Å². The second-order valence-corrected chi connectivity index (χ2v) is 8.67. The SMILES string of the molecule is COc1ccc(OC)c(N2C[C@H](C(=O)Nc3nnc(COc4ccc(Cl)cc4)s3)CC2=O)c1. The van der Waals surface area contributed by atoms with E-state index in [0.29, 0.717) is 38.1 Å². The summed E-state index contributed by atoms with van der Waals surface area (Å²) >= 11 is 7.08. The number of rotatable bonds is 8. The smallest absolute Gasteiger partial charge is 0.231 e.